The number of aryl methyl sites for hydroxylation is 2. The molecule has 1 heterocycles. The van der Waals surface area contributed by atoms with Gasteiger partial charge < -0.3 is 19.9 Å². The summed E-state index contributed by atoms with van der Waals surface area (Å²) in [6.07, 6.45) is 1.27. The molecule has 206 valence electrons. The van der Waals surface area contributed by atoms with Gasteiger partial charge in [-0.1, -0.05) is 29.3 Å². The molecule has 1 aliphatic rings. The van der Waals surface area contributed by atoms with Crippen molar-refractivity contribution < 1.29 is 33.8 Å². The fraction of sp³-hybridized carbons (Fsp3) is 0.172. The summed E-state index contributed by atoms with van der Waals surface area (Å²) in [5.74, 6) is -1.90. The largest absolute Gasteiger partial charge is 0.508 e. The van der Waals surface area contributed by atoms with E-state index in [1.165, 1.54) is 42.5 Å². The van der Waals surface area contributed by atoms with E-state index in [1.54, 1.807) is 6.92 Å². The first kappa shape index (κ1) is 28.2. The predicted octanol–water partition coefficient (Wildman–Crippen LogP) is 4.75. The lowest BCUT2D eigenvalue weighted by atomic mass is 10.1. The van der Waals surface area contributed by atoms with Crippen molar-refractivity contribution in [2.45, 2.75) is 20.8 Å². The Bertz CT molecular complexity index is 1530. The maximum atomic E-state index is 13.1. The van der Waals surface area contributed by atoms with Gasteiger partial charge in [0.25, 0.3) is 17.7 Å². The molecule has 0 aliphatic carbocycles. The molecular formula is C29H26ClN3O7. The van der Waals surface area contributed by atoms with Crippen molar-refractivity contribution in [1.29, 1.82) is 0 Å². The van der Waals surface area contributed by atoms with Gasteiger partial charge in [0.2, 0.25) is 0 Å². The second-order valence-corrected chi connectivity index (χ2v) is 9.30. The van der Waals surface area contributed by atoms with E-state index in [1.807, 2.05) is 32.0 Å². The first-order chi connectivity index (χ1) is 19.1. The number of imide groups is 2. The maximum absolute atomic E-state index is 13.1. The van der Waals surface area contributed by atoms with Crippen LogP contribution >= 0.6 is 11.6 Å². The highest BCUT2D eigenvalue weighted by Gasteiger charge is 2.37. The number of halogens is 1. The number of urea groups is 1. The van der Waals surface area contributed by atoms with Crippen molar-refractivity contribution in [2.75, 3.05) is 23.4 Å². The minimum absolute atomic E-state index is 0.0522. The molecule has 0 bridgehead atoms. The second kappa shape index (κ2) is 11.9. The van der Waals surface area contributed by atoms with Crippen LogP contribution in [0.25, 0.3) is 6.08 Å². The quantitative estimate of drug-likeness (QED) is 0.266. The predicted molar refractivity (Wildman–Crippen MR) is 150 cm³/mol. The second-order valence-electron chi connectivity index (χ2n) is 8.89. The van der Waals surface area contributed by atoms with E-state index in [0.717, 1.165) is 16.0 Å². The number of phenols is 1. The minimum Gasteiger partial charge on any atom is -0.508 e. The van der Waals surface area contributed by atoms with Crippen LogP contribution in [-0.2, 0) is 14.4 Å². The van der Waals surface area contributed by atoms with Crippen LogP contribution in [-0.4, -0.2) is 42.1 Å². The van der Waals surface area contributed by atoms with Gasteiger partial charge in [-0.15, -0.1) is 0 Å². The molecule has 0 unspecified atom stereocenters. The number of ether oxygens (including phenoxy) is 2. The summed E-state index contributed by atoms with van der Waals surface area (Å²) in [6, 6.07) is 13.0. The van der Waals surface area contributed by atoms with Gasteiger partial charge in [-0.05, 0) is 80.4 Å². The summed E-state index contributed by atoms with van der Waals surface area (Å²) in [6.45, 7) is 5.48. The van der Waals surface area contributed by atoms with Crippen molar-refractivity contribution >= 4 is 52.8 Å². The molecule has 0 spiro atoms. The zero-order valence-corrected chi connectivity index (χ0v) is 22.7. The molecule has 40 heavy (non-hydrogen) atoms. The Morgan fingerprint density at radius 2 is 1.77 bits per heavy atom. The molecule has 5 amide bonds. The first-order valence-corrected chi connectivity index (χ1v) is 12.6. The van der Waals surface area contributed by atoms with Crippen LogP contribution < -0.4 is 25.0 Å². The lowest BCUT2D eigenvalue weighted by molar-refractivity contribution is -0.122. The van der Waals surface area contributed by atoms with Gasteiger partial charge in [0.05, 0.1) is 17.3 Å². The van der Waals surface area contributed by atoms with E-state index in [-0.39, 0.29) is 46.7 Å². The van der Waals surface area contributed by atoms with Crippen LogP contribution in [0.4, 0.5) is 16.2 Å². The Morgan fingerprint density at radius 1 is 1.05 bits per heavy atom. The summed E-state index contributed by atoms with van der Waals surface area (Å²) in [7, 11) is 0. The Morgan fingerprint density at radius 3 is 2.45 bits per heavy atom. The third-order valence-corrected chi connectivity index (χ3v) is 6.14. The summed E-state index contributed by atoms with van der Waals surface area (Å²) in [4.78, 5) is 51.4. The Labute approximate surface area is 235 Å². The van der Waals surface area contributed by atoms with E-state index in [9.17, 15) is 24.3 Å². The van der Waals surface area contributed by atoms with Crippen molar-refractivity contribution in [1.82, 2.24) is 5.32 Å². The molecule has 3 N–H and O–H groups in total. The molecule has 1 aliphatic heterocycles. The highest BCUT2D eigenvalue weighted by molar-refractivity contribution is 6.39. The van der Waals surface area contributed by atoms with Crippen molar-refractivity contribution in [2.24, 2.45) is 0 Å². The third-order valence-electron chi connectivity index (χ3n) is 5.86. The average Bonchev–Trinajstić information content (AvgIpc) is 2.89. The van der Waals surface area contributed by atoms with Gasteiger partial charge in [-0.3, -0.25) is 19.7 Å². The van der Waals surface area contributed by atoms with Gasteiger partial charge in [-0.25, -0.2) is 9.69 Å². The summed E-state index contributed by atoms with van der Waals surface area (Å²) >= 11 is 6.47. The number of anilines is 2. The van der Waals surface area contributed by atoms with Crippen molar-refractivity contribution in [3.05, 3.63) is 81.9 Å². The van der Waals surface area contributed by atoms with Crippen LogP contribution in [0.1, 0.15) is 23.6 Å². The molecule has 0 aromatic heterocycles. The van der Waals surface area contributed by atoms with Crippen LogP contribution in [0.5, 0.6) is 17.2 Å². The van der Waals surface area contributed by atoms with Crippen LogP contribution in [0.15, 0.2) is 60.2 Å². The van der Waals surface area contributed by atoms with Crippen LogP contribution in [0, 0.1) is 13.8 Å². The molecule has 1 fully saturated rings. The number of hydrogen-bond acceptors (Lipinski definition) is 7. The Balaban J connectivity index is 1.57. The molecule has 0 saturated carbocycles. The molecule has 11 heteroatoms. The zero-order chi connectivity index (χ0) is 29.0. The monoisotopic (exact) mass is 563 g/mol. The topological polar surface area (TPSA) is 134 Å². The standard InChI is InChI=1S/C29H26ClN3O7/c1-4-39-24-14-18(12-21-27(36)32-29(38)33(28(21)37)19-6-8-20(34)9-7-19)13-22(30)26(24)40-15-25(35)31-23-10-5-16(2)11-17(23)3/h5-14,34H,4,15H2,1-3H3,(H,31,35)(H,32,36,38)/b21-12-. The molecule has 1 saturated heterocycles. The number of aromatic hydroxyl groups is 1. The maximum Gasteiger partial charge on any atom is 0.335 e. The number of amides is 5. The number of carbonyl (C=O) groups excluding carboxylic acids is 4. The molecule has 3 aromatic carbocycles. The molecule has 10 nitrogen and oxygen atoms in total. The van der Waals surface area contributed by atoms with Crippen LogP contribution in [0.2, 0.25) is 5.02 Å². The lowest BCUT2D eigenvalue weighted by Crippen LogP contribution is -2.54. The average molecular weight is 564 g/mol. The number of rotatable bonds is 8. The molecule has 4 rings (SSSR count). The van der Waals surface area contributed by atoms with E-state index < -0.39 is 23.8 Å². The van der Waals surface area contributed by atoms with Gasteiger partial charge in [0.1, 0.15) is 11.3 Å². The Hall–Kier alpha value is -4.83. The number of carbonyl (C=O) groups is 4. The van der Waals surface area contributed by atoms with E-state index in [4.69, 9.17) is 21.1 Å². The van der Waals surface area contributed by atoms with Gasteiger partial charge in [0.15, 0.2) is 18.1 Å². The molecule has 0 atom stereocenters. The molecular weight excluding hydrogens is 538 g/mol. The number of nitrogens with zero attached hydrogens (tertiary/aromatic N) is 1. The highest BCUT2D eigenvalue weighted by Crippen LogP contribution is 2.38. The summed E-state index contributed by atoms with van der Waals surface area (Å²) in [5.41, 5.74) is 2.79. The molecule has 3 aromatic rings. The van der Waals surface area contributed by atoms with Gasteiger partial charge >= 0.3 is 6.03 Å². The smallest absolute Gasteiger partial charge is 0.335 e. The fourth-order valence-electron chi connectivity index (χ4n) is 4.01. The van der Waals surface area contributed by atoms with Crippen molar-refractivity contribution in [3.8, 4) is 17.2 Å². The van der Waals surface area contributed by atoms with Gasteiger partial charge in [-0.2, -0.15) is 0 Å². The number of nitrogens with one attached hydrogen (secondary N) is 2. The number of barbiturate groups is 1. The zero-order valence-electron chi connectivity index (χ0n) is 21.9. The van der Waals surface area contributed by atoms with Crippen LogP contribution in [0.3, 0.4) is 0 Å². The third kappa shape index (κ3) is 6.24. The van der Waals surface area contributed by atoms with Gasteiger partial charge in [0, 0.05) is 5.69 Å². The Kier molecular flexibility index (Phi) is 8.40. The summed E-state index contributed by atoms with van der Waals surface area (Å²) < 4.78 is 11.4. The first-order valence-electron chi connectivity index (χ1n) is 12.2. The van der Waals surface area contributed by atoms with E-state index >= 15 is 0 Å². The normalized spacial score (nSPS) is 14.2. The van der Waals surface area contributed by atoms with Crippen molar-refractivity contribution in [3.63, 3.8) is 0 Å². The highest BCUT2D eigenvalue weighted by atomic mass is 35.5. The summed E-state index contributed by atoms with van der Waals surface area (Å²) in [5, 5.41) is 14.5. The molecule has 0 radical (unpaired) electrons. The van der Waals surface area contributed by atoms with E-state index in [2.05, 4.69) is 10.6 Å². The number of hydrogen-bond donors (Lipinski definition) is 3. The number of benzene rings is 3. The SMILES string of the molecule is CCOc1cc(/C=C2/C(=O)NC(=O)N(c3ccc(O)cc3)C2=O)cc(Cl)c1OCC(=O)Nc1ccc(C)cc1C. The lowest BCUT2D eigenvalue weighted by Gasteiger charge is -2.26. The van der Waals surface area contributed by atoms with E-state index in [0.29, 0.717) is 11.3 Å². The minimum atomic E-state index is -0.922. The fourth-order valence-corrected chi connectivity index (χ4v) is 4.29. The number of phenolic OH excluding ortho intramolecular Hbond substituents is 1.